The second-order valence-corrected chi connectivity index (χ2v) is 10.4. The van der Waals surface area contributed by atoms with E-state index in [1.54, 1.807) is 20.8 Å². The monoisotopic (exact) mass is 353 g/mol. The Morgan fingerprint density at radius 1 is 1.32 bits per heavy atom. The number of hydrogen-bond acceptors (Lipinski definition) is 6. The van der Waals surface area contributed by atoms with Crippen LogP contribution in [0.15, 0.2) is 0 Å². The van der Waals surface area contributed by atoms with Crippen LogP contribution in [0, 0.1) is 0 Å². The second kappa shape index (κ2) is 6.66. The van der Waals surface area contributed by atoms with E-state index < -0.39 is 32.2 Å². The zero-order valence-electron chi connectivity index (χ0n) is 13.3. The van der Waals surface area contributed by atoms with Crippen LogP contribution in [0.4, 0.5) is 4.79 Å². The first-order valence-electron chi connectivity index (χ1n) is 6.83. The standard InChI is InChI=1S/C13H23NO6S2/c1-12(2,3)20-11(17)14-8-13(9-14,7-10(15)16)21-5-6-22(4,18)19/h5-9H2,1-4H3,(H,15,16). The molecule has 0 atom stereocenters. The first-order valence-corrected chi connectivity index (χ1v) is 9.88. The van der Waals surface area contributed by atoms with Gasteiger partial charge in [0.2, 0.25) is 0 Å². The molecule has 1 aliphatic heterocycles. The number of amides is 1. The molecular weight excluding hydrogens is 330 g/mol. The number of hydrogen-bond donors (Lipinski definition) is 1. The highest BCUT2D eigenvalue weighted by Gasteiger charge is 2.48. The van der Waals surface area contributed by atoms with E-state index in [4.69, 9.17) is 9.84 Å². The van der Waals surface area contributed by atoms with E-state index in [1.807, 2.05) is 0 Å². The van der Waals surface area contributed by atoms with Crippen molar-refractivity contribution in [1.82, 2.24) is 4.90 Å². The van der Waals surface area contributed by atoms with Gasteiger partial charge in [-0.2, -0.15) is 0 Å². The van der Waals surface area contributed by atoms with Crippen LogP contribution in [0.1, 0.15) is 27.2 Å². The number of ether oxygens (including phenoxy) is 1. The minimum absolute atomic E-state index is 0.00846. The Morgan fingerprint density at radius 2 is 1.86 bits per heavy atom. The van der Waals surface area contributed by atoms with E-state index in [9.17, 15) is 18.0 Å². The molecule has 1 amide bonds. The molecule has 128 valence electrons. The summed E-state index contributed by atoms with van der Waals surface area (Å²) in [5.74, 6) is -0.657. The molecule has 0 radical (unpaired) electrons. The Labute approximate surface area is 135 Å². The van der Waals surface area contributed by atoms with Gasteiger partial charge in [0.05, 0.1) is 16.9 Å². The molecular formula is C13H23NO6S2. The van der Waals surface area contributed by atoms with Crippen LogP contribution < -0.4 is 0 Å². The van der Waals surface area contributed by atoms with Crippen molar-refractivity contribution >= 4 is 33.7 Å². The maximum absolute atomic E-state index is 11.9. The normalized spacial score (nSPS) is 17.7. The number of rotatable bonds is 6. The molecule has 9 heteroatoms. The van der Waals surface area contributed by atoms with Crippen molar-refractivity contribution in [2.24, 2.45) is 0 Å². The fraction of sp³-hybridized carbons (Fsp3) is 0.846. The molecule has 1 N–H and O–H groups in total. The molecule has 1 heterocycles. The number of sulfone groups is 1. The topological polar surface area (TPSA) is 101 Å². The van der Waals surface area contributed by atoms with Crippen LogP contribution in [0.2, 0.25) is 0 Å². The van der Waals surface area contributed by atoms with Crippen LogP contribution in [0.25, 0.3) is 0 Å². The van der Waals surface area contributed by atoms with Crippen LogP contribution in [0.5, 0.6) is 0 Å². The summed E-state index contributed by atoms with van der Waals surface area (Å²) in [6, 6.07) is 0. The van der Waals surface area contributed by atoms with Crippen molar-refractivity contribution in [2.45, 2.75) is 37.5 Å². The highest BCUT2D eigenvalue weighted by molar-refractivity contribution is 8.02. The number of likely N-dealkylation sites (tertiary alicyclic amines) is 1. The number of nitrogens with zero attached hydrogens (tertiary/aromatic N) is 1. The van der Waals surface area contributed by atoms with Crippen molar-refractivity contribution in [3.05, 3.63) is 0 Å². The van der Waals surface area contributed by atoms with E-state index in [0.717, 1.165) is 6.26 Å². The second-order valence-electron chi connectivity index (χ2n) is 6.57. The van der Waals surface area contributed by atoms with Crippen LogP contribution in [-0.2, 0) is 19.4 Å². The molecule has 1 saturated heterocycles. The maximum Gasteiger partial charge on any atom is 0.410 e. The SMILES string of the molecule is CC(C)(C)OC(=O)N1CC(CC(=O)O)(SCCS(C)(=O)=O)C1. The zero-order chi connectivity index (χ0) is 17.2. The summed E-state index contributed by atoms with van der Waals surface area (Å²) in [5, 5.41) is 9.02. The number of aliphatic carboxylic acids is 1. The van der Waals surface area contributed by atoms with Gasteiger partial charge in [-0.1, -0.05) is 0 Å². The van der Waals surface area contributed by atoms with E-state index in [2.05, 4.69) is 0 Å². The van der Waals surface area contributed by atoms with Crippen LogP contribution in [0.3, 0.4) is 0 Å². The van der Waals surface area contributed by atoms with Crippen LogP contribution >= 0.6 is 11.8 Å². The lowest BCUT2D eigenvalue weighted by molar-refractivity contribution is -0.138. The van der Waals surface area contributed by atoms with Gasteiger partial charge in [-0.25, -0.2) is 13.2 Å². The largest absolute Gasteiger partial charge is 0.481 e. The summed E-state index contributed by atoms with van der Waals surface area (Å²) in [6.45, 7) is 5.79. The summed E-state index contributed by atoms with van der Waals surface area (Å²) in [6.07, 6.45) is 0.559. The Hall–Kier alpha value is -0.960. The smallest absolute Gasteiger partial charge is 0.410 e. The van der Waals surface area contributed by atoms with Gasteiger partial charge in [-0.3, -0.25) is 4.79 Å². The molecule has 0 spiro atoms. The van der Waals surface area contributed by atoms with Gasteiger partial charge >= 0.3 is 12.1 Å². The lowest BCUT2D eigenvalue weighted by Crippen LogP contribution is -2.63. The molecule has 0 aromatic heterocycles. The van der Waals surface area contributed by atoms with E-state index in [-0.39, 0.29) is 25.3 Å². The van der Waals surface area contributed by atoms with Gasteiger partial charge in [0, 0.05) is 25.1 Å². The van der Waals surface area contributed by atoms with Gasteiger partial charge in [0.1, 0.15) is 15.4 Å². The predicted octanol–water partition coefficient (Wildman–Crippen LogP) is 1.23. The molecule has 1 aliphatic rings. The third kappa shape index (κ3) is 6.43. The fourth-order valence-corrected chi connectivity index (χ4v) is 4.74. The fourth-order valence-electron chi connectivity index (χ4n) is 2.04. The van der Waals surface area contributed by atoms with Crippen molar-refractivity contribution in [3.8, 4) is 0 Å². The van der Waals surface area contributed by atoms with E-state index in [1.165, 1.54) is 16.7 Å². The third-order valence-corrected chi connectivity index (χ3v) is 5.57. The first kappa shape index (κ1) is 19.1. The Balaban J connectivity index is 2.59. The quantitative estimate of drug-likeness (QED) is 0.766. The molecule has 0 aromatic carbocycles. The lowest BCUT2D eigenvalue weighted by Gasteiger charge is -2.48. The Bertz CT molecular complexity index is 531. The number of thioether (sulfide) groups is 1. The van der Waals surface area contributed by atoms with Gasteiger partial charge in [-0.05, 0) is 20.8 Å². The van der Waals surface area contributed by atoms with Gasteiger partial charge < -0.3 is 14.7 Å². The molecule has 0 saturated carbocycles. The Morgan fingerprint density at radius 3 is 2.27 bits per heavy atom. The van der Waals surface area contributed by atoms with Crippen molar-refractivity contribution in [2.75, 3.05) is 30.9 Å². The molecule has 1 rings (SSSR count). The van der Waals surface area contributed by atoms with Gasteiger partial charge in [-0.15, -0.1) is 11.8 Å². The number of carbonyl (C=O) groups excluding carboxylic acids is 1. The highest BCUT2D eigenvalue weighted by atomic mass is 32.2. The lowest BCUT2D eigenvalue weighted by atomic mass is 9.95. The summed E-state index contributed by atoms with van der Waals surface area (Å²) in [5.41, 5.74) is -0.606. The minimum atomic E-state index is -3.09. The summed E-state index contributed by atoms with van der Waals surface area (Å²) < 4.78 is 26.9. The summed E-state index contributed by atoms with van der Waals surface area (Å²) in [4.78, 5) is 24.4. The van der Waals surface area contributed by atoms with Crippen molar-refractivity contribution in [3.63, 3.8) is 0 Å². The molecule has 0 aromatic rings. The minimum Gasteiger partial charge on any atom is -0.481 e. The number of carbonyl (C=O) groups is 2. The molecule has 22 heavy (non-hydrogen) atoms. The predicted molar refractivity (Wildman–Crippen MR) is 85.0 cm³/mol. The van der Waals surface area contributed by atoms with Crippen molar-refractivity contribution in [1.29, 1.82) is 0 Å². The number of carboxylic acid groups (broad SMARTS) is 1. The van der Waals surface area contributed by atoms with Crippen molar-refractivity contribution < 1.29 is 27.9 Å². The zero-order valence-corrected chi connectivity index (χ0v) is 14.9. The molecule has 0 bridgehead atoms. The maximum atomic E-state index is 11.9. The Kier molecular flexibility index (Phi) is 5.77. The van der Waals surface area contributed by atoms with E-state index >= 15 is 0 Å². The molecule has 1 fully saturated rings. The van der Waals surface area contributed by atoms with Gasteiger partial charge in [0.25, 0.3) is 0 Å². The molecule has 0 unspecified atom stereocenters. The van der Waals surface area contributed by atoms with Crippen LogP contribution in [-0.4, -0.2) is 71.7 Å². The molecule has 7 nitrogen and oxygen atoms in total. The summed E-state index contributed by atoms with van der Waals surface area (Å²) >= 11 is 1.30. The highest BCUT2D eigenvalue weighted by Crippen LogP contribution is 2.39. The average molecular weight is 353 g/mol. The van der Waals surface area contributed by atoms with E-state index in [0.29, 0.717) is 5.75 Å². The summed E-state index contributed by atoms with van der Waals surface area (Å²) in [7, 11) is -3.09. The van der Waals surface area contributed by atoms with Gasteiger partial charge in [0.15, 0.2) is 0 Å². The molecule has 0 aliphatic carbocycles. The average Bonchev–Trinajstić information content (AvgIpc) is 2.19. The first-order chi connectivity index (χ1) is 9.82. The third-order valence-electron chi connectivity index (χ3n) is 2.95. The number of carboxylic acids is 1.